The topological polar surface area (TPSA) is 81.0 Å². The van der Waals surface area contributed by atoms with Crippen molar-refractivity contribution in [3.8, 4) is 0 Å². The van der Waals surface area contributed by atoms with Crippen molar-refractivity contribution in [3.63, 3.8) is 0 Å². The van der Waals surface area contributed by atoms with E-state index >= 15 is 0 Å². The van der Waals surface area contributed by atoms with E-state index in [0.717, 1.165) is 24.8 Å². The van der Waals surface area contributed by atoms with Gasteiger partial charge in [0.05, 0.1) is 0 Å². The Morgan fingerprint density at radius 1 is 1.17 bits per heavy atom. The van der Waals surface area contributed by atoms with Crippen LogP contribution in [0.1, 0.15) is 49.0 Å². The average Bonchev–Trinajstić information content (AvgIpc) is 3.12. The fourth-order valence-electron chi connectivity index (χ4n) is 3.63. The molecule has 0 unspecified atom stereocenters. The van der Waals surface area contributed by atoms with Crippen LogP contribution in [0.4, 0.5) is 0 Å². The number of ketones is 1. The Morgan fingerprint density at radius 3 is 2.45 bits per heavy atom. The van der Waals surface area contributed by atoms with Crippen molar-refractivity contribution in [1.82, 2.24) is 25.1 Å². The second-order valence-corrected chi connectivity index (χ2v) is 9.06. The smallest absolute Gasteiger partial charge is 0.223 e. The third-order valence-electron chi connectivity index (χ3n) is 5.23. The summed E-state index contributed by atoms with van der Waals surface area (Å²) in [6.45, 7) is 5.69. The maximum Gasteiger partial charge on any atom is 0.223 e. The Balaban J connectivity index is 1.43. The van der Waals surface area contributed by atoms with Crippen LogP contribution in [-0.2, 0) is 18.3 Å². The van der Waals surface area contributed by atoms with Crippen LogP contribution in [0, 0.1) is 11.8 Å². The van der Waals surface area contributed by atoms with Gasteiger partial charge in [0.15, 0.2) is 5.78 Å². The summed E-state index contributed by atoms with van der Waals surface area (Å²) < 4.78 is 1.60. The van der Waals surface area contributed by atoms with Gasteiger partial charge in [-0.1, -0.05) is 49.9 Å². The lowest BCUT2D eigenvalue weighted by Crippen LogP contribution is -2.40. The zero-order valence-electron chi connectivity index (χ0n) is 17.4. The number of amides is 1. The number of piperidine rings is 1. The van der Waals surface area contributed by atoms with Crippen molar-refractivity contribution in [1.29, 1.82) is 0 Å². The fourth-order valence-corrected chi connectivity index (χ4v) is 4.41. The SMILES string of the molecule is CC(C)Cc1ccc(C(=O)C2CCN(C(=O)CCSc3nnnn3C)CC2)cc1. The lowest BCUT2D eigenvalue weighted by molar-refractivity contribution is -0.131. The van der Waals surface area contributed by atoms with Crippen molar-refractivity contribution >= 4 is 23.5 Å². The largest absolute Gasteiger partial charge is 0.343 e. The molecule has 0 N–H and O–H groups in total. The highest BCUT2D eigenvalue weighted by molar-refractivity contribution is 7.99. The van der Waals surface area contributed by atoms with Gasteiger partial charge in [0.1, 0.15) is 0 Å². The van der Waals surface area contributed by atoms with Crippen molar-refractivity contribution in [2.24, 2.45) is 18.9 Å². The van der Waals surface area contributed by atoms with E-state index in [1.165, 1.54) is 17.3 Å². The Kier molecular flexibility index (Phi) is 7.41. The summed E-state index contributed by atoms with van der Waals surface area (Å²) in [5.41, 5.74) is 2.06. The summed E-state index contributed by atoms with van der Waals surface area (Å²) in [6.07, 6.45) is 2.95. The normalized spacial score (nSPS) is 15.1. The number of rotatable bonds is 8. The maximum atomic E-state index is 12.8. The van der Waals surface area contributed by atoms with Gasteiger partial charge in [-0.25, -0.2) is 4.68 Å². The number of aryl methyl sites for hydroxylation is 1. The molecule has 0 saturated carbocycles. The zero-order valence-corrected chi connectivity index (χ0v) is 18.2. The van der Waals surface area contributed by atoms with Crippen LogP contribution in [0.5, 0.6) is 0 Å². The number of nitrogens with zero attached hydrogens (tertiary/aromatic N) is 5. The van der Waals surface area contributed by atoms with Gasteiger partial charge in [0.25, 0.3) is 0 Å². The molecule has 1 aromatic heterocycles. The molecule has 0 aliphatic carbocycles. The molecule has 0 bridgehead atoms. The first-order chi connectivity index (χ1) is 13.9. The first-order valence-corrected chi connectivity index (χ1v) is 11.2. The Labute approximate surface area is 176 Å². The summed E-state index contributed by atoms with van der Waals surface area (Å²) >= 11 is 1.48. The molecule has 2 heterocycles. The molecule has 1 saturated heterocycles. The number of hydrogen-bond acceptors (Lipinski definition) is 6. The molecule has 1 aromatic carbocycles. The van der Waals surface area contributed by atoms with Gasteiger partial charge in [-0.3, -0.25) is 9.59 Å². The highest BCUT2D eigenvalue weighted by Gasteiger charge is 2.27. The van der Waals surface area contributed by atoms with Crippen LogP contribution >= 0.6 is 11.8 Å². The van der Waals surface area contributed by atoms with E-state index in [-0.39, 0.29) is 17.6 Å². The average molecular weight is 416 g/mol. The van der Waals surface area contributed by atoms with Crippen molar-refractivity contribution < 1.29 is 9.59 Å². The highest BCUT2D eigenvalue weighted by atomic mass is 32.2. The first-order valence-electron chi connectivity index (χ1n) is 10.2. The summed E-state index contributed by atoms with van der Waals surface area (Å²) in [7, 11) is 1.78. The molecule has 1 fully saturated rings. The number of carbonyl (C=O) groups excluding carboxylic acids is 2. The third-order valence-corrected chi connectivity index (χ3v) is 6.24. The molecule has 0 spiro atoms. The molecular weight excluding hydrogens is 386 g/mol. The standard InChI is InChI=1S/C21H29N5O2S/c1-15(2)14-16-4-6-17(7-5-16)20(28)18-8-11-26(12-9-18)19(27)10-13-29-21-22-23-24-25(21)3/h4-7,15,18H,8-14H2,1-3H3. The number of aromatic nitrogens is 4. The van der Waals surface area contributed by atoms with E-state index < -0.39 is 0 Å². The Morgan fingerprint density at radius 2 is 1.86 bits per heavy atom. The second-order valence-electron chi connectivity index (χ2n) is 8.00. The molecule has 0 atom stereocenters. The number of hydrogen-bond donors (Lipinski definition) is 0. The van der Waals surface area contributed by atoms with Crippen LogP contribution in [0.15, 0.2) is 29.4 Å². The monoisotopic (exact) mass is 415 g/mol. The van der Waals surface area contributed by atoms with Gasteiger partial charge in [-0.15, -0.1) is 5.10 Å². The van der Waals surface area contributed by atoms with Crippen LogP contribution in [0.25, 0.3) is 0 Å². The minimum absolute atomic E-state index is 0.00842. The fraction of sp³-hybridized carbons (Fsp3) is 0.571. The van der Waals surface area contributed by atoms with E-state index in [4.69, 9.17) is 0 Å². The molecule has 1 aliphatic heterocycles. The minimum Gasteiger partial charge on any atom is -0.343 e. The van der Waals surface area contributed by atoms with Crippen LogP contribution in [0.3, 0.4) is 0 Å². The molecule has 7 nitrogen and oxygen atoms in total. The molecule has 156 valence electrons. The van der Waals surface area contributed by atoms with Gasteiger partial charge < -0.3 is 4.90 Å². The third kappa shape index (κ3) is 5.88. The number of Topliss-reactive ketones (excluding diaryl/α,β-unsaturated/α-hetero) is 1. The van der Waals surface area contributed by atoms with Gasteiger partial charge in [0.2, 0.25) is 11.1 Å². The summed E-state index contributed by atoms with van der Waals surface area (Å²) in [5, 5.41) is 12.0. The molecule has 2 aromatic rings. The lowest BCUT2D eigenvalue weighted by atomic mass is 9.88. The molecular formula is C21H29N5O2S. The predicted molar refractivity (Wildman–Crippen MR) is 113 cm³/mol. The molecule has 1 amide bonds. The van der Waals surface area contributed by atoms with Crippen molar-refractivity contribution in [2.75, 3.05) is 18.8 Å². The quantitative estimate of drug-likeness (QED) is 0.487. The predicted octanol–water partition coefficient (Wildman–Crippen LogP) is 3.01. The van der Waals surface area contributed by atoms with E-state index in [2.05, 4.69) is 41.5 Å². The number of benzene rings is 1. The number of likely N-dealkylation sites (tertiary alicyclic amines) is 1. The van der Waals surface area contributed by atoms with Crippen LogP contribution in [0.2, 0.25) is 0 Å². The molecule has 0 radical (unpaired) electrons. The Bertz CT molecular complexity index is 826. The second kappa shape index (κ2) is 10.0. The van der Waals surface area contributed by atoms with E-state index in [9.17, 15) is 9.59 Å². The van der Waals surface area contributed by atoms with Crippen LogP contribution < -0.4 is 0 Å². The van der Waals surface area contributed by atoms with E-state index in [1.807, 2.05) is 17.0 Å². The van der Waals surface area contributed by atoms with E-state index in [1.54, 1.807) is 11.7 Å². The summed E-state index contributed by atoms with van der Waals surface area (Å²) in [5.74, 6) is 1.60. The lowest BCUT2D eigenvalue weighted by Gasteiger charge is -2.31. The Hall–Kier alpha value is -2.22. The van der Waals surface area contributed by atoms with Gasteiger partial charge in [-0.05, 0) is 41.2 Å². The molecule has 3 rings (SSSR count). The summed E-state index contributed by atoms with van der Waals surface area (Å²) in [6, 6.07) is 8.04. The number of tetrazole rings is 1. The van der Waals surface area contributed by atoms with Gasteiger partial charge in [-0.2, -0.15) is 0 Å². The van der Waals surface area contributed by atoms with E-state index in [0.29, 0.717) is 36.3 Å². The molecule has 8 heteroatoms. The summed E-state index contributed by atoms with van der Waals surface area (Å²) in [4.78, 5) is 27.1. The van der Waals surface area contributed by atoms with Gasteiger partial charge in [0, 0.05) is 43.8 Å². The first kappa shape index (κ1) is 21.5. The van der Waals surface area contributed by atoms with Gasteiger partial charge >= 0.3 is 0 Å². The maximum absolute atomic E-state index is 12.8. The molecule has 29 heavy (non-hydrogen) atoms. The number of carbonyl (C=O) groups is 2. The molecule has 1 aliphatic rings. The highest BCUT2D eigenvalue weighted by Crippen LogP contribution is 2.23. The zero-order chi connectivity index (χ0) is 20.8. The number of thioether (sulfide) groups is 1. The minimum atomic E-state index is 0.00842. The van der Waals surface area contributed by atoms with Crippen molar-refractivity contribution in [3.05, 3.63) is 35.4 Å². The van der Waals surface area contributed by atoms with Crippen LogP contribution in [-0.4, -0.2) is 55.6 Å². The van der Waals surface area contributed by atoms with Crippen molar-refractivity contribution in [2.45, 2.75) is 44.7 Å².